The molecule has 1 aliphatic carbocycles. The summed E-state index contributed by atoms with van der Waals surface area (Å²) in [4.78, 5) is 5.82. The number of thiazole rings is 1. The third-order valence-corrected chi connectivity index (χ3v) is 4.36. The fraction of sp³-hybridized carbons (Fsp3) is 0.308. The van der Waals surface area contributed by atoms with Crippen LogP contribution in [0.25, 0.3) is 10.6 Å². The standard InChI is InChI=1S/C13H13FN2S/c14-9-6-4-8(5-7-9)13-16-11-3-1-2-10(15)12(11)17-13/h4-7,10H,1-3,15H2. The zero-order valence-corrected chi connectivity index (χ0v) is 10.1. The van der Waals surface area contributed by atoms with Gasteiger partial charge in [0.05, 0.1) is 5.69 Å². The molecule has 3 rings (SSSR count). The number of halogens is 1. The molecule has 0 fully saturated rings. The number of hydrogen-bond acceptors (Lipinski definition) is 3. The molecule has 1 atom stereocenters. The van der Waals surface area contributed by atoms with Gasteiger partial charge in [0.2, 0.25) is 0 Å². The van der Waals surface area contributed by atoms with Crippen LogP contribution < -0.4 is 5.73 Å². The molecule has 0 bridgehead atoms. The highest BCUT2D eigenvalue weighted by molar-refractivity contribution is 7.15. The zero-order chi connectivity index (χ0) is 11.8. The lowest BCUT2D eigenvalue weighted by molar-refractivity contribution is 0.573. The Labute approximate surface area is 103 Å². The highest BCUT2D eigenvalue weighted by atomic mass is 32.1. The van der Waals surface area contributed by atoms with Crippen molar-refractivity contribution in [3.63, 3.8) is 0 Å². The molecule has 0 amide bonds. The third kappa shape index (κ3) is 1.98. The monoisotopic (exact) mass is 248 g/mol. The van der Waals surface area contributed by atoms with Crippen LogP contribution in [0.1, 0.15) is 29.5 Å². The van der Waals surface area contributed by atoms with Crippen molar-refractivity contribution in [1.29, 1.82) is 0 Å². The van der Waals surface area contributed by atoms with Crippen LogP contribution in [0.15, 0.2) is 24.3 Å². The number of nitrogens with zero attached hydrogens (tertiary/aromatic N) is 1. The summed E-state index contributed by atoms with van der Waals surface area (Å²) in [6.07, 6.45) is 3.17. The molecule has 4 heteroatoms. The van der Waals surface area contributed by atoms with Gasteiger partial charge in [-0.3, -0.25) is 0 Å². The van der Waals surface area contributed by atoms with Gasteiger partial charge in [-0.05, 0) is 43.5 Å². The first-order valence-electron chi connectivity index (χ1n) is 5.75. The van der Waals surface area contributed by atoms with Gasteiger partial charge in [-0.2, -0.15) is 0 Å². The van der Waals surface area contributed by atoms with E-state index in [0.29, 0.717) is 0 Å². The van der Waals surface area contributed by atoms with Crippen molar-refractivity contribution in [2.75, 3.05) is 0 Å². The molecule has 1 aromatic carbocycles. The van der Waals surface area contributed by atoms with Crippen molar-refractivity contribution in [2.45, 2.75) is 25.3 Å². The molecule has 0 saturated heterocycles. The second-order valence-electron chi connectivity index (χ2n) is 4.34. The molecular weight excluding hydrogens is 235 g/mol. The average Bonchev–Trinajstić information content (AvgIpc) is 2.75. The van der Waals surface area contributed by atoms with E-state index in [1.54, 1.807) is 23.5 Å². The summed E-state index contributed by atoms with van der Waals surface area (Å²) in [5.74, 6) is -0.216. The largest absolute Gasteiger partial charge is 0.323 e. The van der Waals surface area contributed by atoms with E-state index in [4.69, 9.17) is 5.73 Å². The van der Waals surface area contributed by atoms with E-state index < -0.39 is 0 Å². The first-order chi connectivity index (χ1) is 8.24. The smallest absolute Gasteiger partial charge is 0.123 e. The normalized spacial score (nSPS) is 19.1. The van der Waals surface area contributed by atoms with Gasteiger partial charge in [-0.1, -0.05) is 0 Å². The van der Waals surface area contributed by atoms with E-state index in [1.807, 2.05) is 0 Å². The lowest BCUT2D eigenvalue weighted by Gasteiger charge is -2.15. The molecule has 88 valence electrons. The minimum absolute atomic E-state index is 0.130. The first-order valence-corrected chi connectivity index (χ1v) is 6.57. The molecule has 1 unspecified atom stereocenters. The molecule has 1 aliphatic rings. The number of nitrogens with two attached hydrogens (primary N) is 1. The van der Waals surface area contributed by atoms with Crippen LogP contribution in [-0.2, 0) is 6.42 Å². The summed E-state index contributed by atoms with van der Waals surface area (Å²) in [7, 11) is 0. The Balaban J connectivity index is 2.02. The van der Waals surface area contributed by atoms with Crippen molar-refractivity contribution in [3.05, 3.63) is 40.7 Å². The number of aryl methyl sites for hydroxylation is 1. The quantitative estimate of drug-likeness (QED) is 0.841. The highest BCUT2D eigenvalue weighted by Crippen LogP contribution is 2.36. The second kappa shape index (κ2) is 4.20. The Kier molecular flexibility index (Phi) is 2.68. The predicted molar refractivity (Wildman–Crippen MR) is 67.4 cm³/mol. The van der Waals surface area contributed by atoms with Crippen LogP contribution in [0.5, 0.6) is 0 Å². The van der Waals surface area contributed by atoms with Crippen molar-refractivity contribution in [2.24, 2.45) is 5.73 Å². The molecule has 2 nitrogen and oxygen atoms in total. The van der Waals surface area contributed by atoms with Gasteiger partial charge in [-0.15, -0.1) is 11.3 Å². The lowest BCUT2D eigenvalue weighted by Crippen LogP contribution is -2.15. The first kappa shape index (κ1) is 10.9. The van der Waals surface area contributed by atoms with E-state index in [0.717, 1.165) is 35.5 Å². The molecule has 2 N–H and O–H groups in total. The van der Waals surface area contributed by atoms with Gasteiger partial charge in [0.25, 0.3) is 0 Å². The minimum Gasteiger partial charge on any atom is -0.323 e. The van der Waals surface area contributed by atoms with Crippen LogP contribution in [0, 0.1) is 5.82 Å². The number of fused-ring (bicyclic) bond motifs is 1. The topological polar surface area (TPSA) is 38.9 Å². The average molecular weight is 248 g/mol. The van der Waals surface area contributed by atoms with Crippen molar-refractivity contribution in [3.8, 4) is 10.6 Å². The minimum atomic E-state index is -0.216. The van der Waals surface area contributed by atoms with E-state index >= 15 is 0 Å². The van der Waals surface area contributed by atoms with Crippen molar-refractivity contribution < 1.29 is 4.39 Å². The van der Waals surface area contributed by atoms with Gasteiger partial charge in [0, 0.05) is 16.5 Å². The van der Waals surface area contributed by atoms with Crippen LogP contribution in [-0.4, -0.2) is 4.98 Å². The Morgan fingerprint density at radius 3 is 2.76 bits per heavy atom. The summed E-state index contributed by atoms with van der Waals surface area (Å²) < 4.78 is 12.9. The second-order valence-corrected chi connectivity index (χ2v) is 5.37. The third-order valence-electron chi connectivity index (χ3n) is 3.08. The number of benzene rings is 1. The van der Waals surface area contributed by atoms with Crippen LogP contribution in [0.3, 0.4) is 0 Å². The van der Waals surface area contributed by atoms with Crippen molar-refractivity contribution >= 4 is 11.3 Å². The molecule has 1 aromatic heterocycles. The molecule has 0 radical (unpaired) electrons. The highest BCUT2D eigenvalue weighted by Gasteiger charge is 2.21. The Bertz CT molecular complexity index is 533. The molecule has 0 spiro atoms. The number of hydrogen-bond donors (Lipinski definition) is 1. The van der Waals surface area contributed by atoms with Gasteiger partial charge in [0.1, 0.15) is 10.8 Å². The summed E-state index contributed by atoms with van der Waals surface area (Å²) in [5.41, 5.74) is 8.18. The van der Waals surface area contributed by atoms with Crippen LogP contribution >= 0.6 is 11.3 Å². The lowest BCUT2D eigenvalue weighted by atomic mass is 9.99. The maximum atomic E-state index is 12.9. The molecule has 2 aromatic rings. The maximum Gasteiger partial charge on any atom is 0.123 e. The number of rotatable bonds is 1. The predicted octanol–water partition coefficient (Wildman–Crippen LogP) is 3.29. The fourth-order valence-corrected chi connectivity index (χ4v) is 3.32. The summed E-state index contributed by atoms with van der Waals surface area (Å²) in [5, 5.41) is 0.951. The Morgan fingerprint density at radius 1 is 1.29 bits per heavy atom. The van der Waals surface area contributed by atoms with E-state index in [-0.39, 0.29) is 11.9 Å². The van der Waals surface area contributed by atoms with E-state index in [9.17, 15) is 4.39 Å². The molecule has 17 heavy (non-hydrogen) atoms. The van der Waals surface area contributed by atoms with Crippen LogP contribution in [0.4, 0.5) is 4.39 Å². The summed E-state index contributed by atoms with van der Waals surface area (Å²) >= 11 is 1.64. The molecule has 0 saturated carbocycles. The van der Waals surface area contributed by atoms with Gasteiger partial charge < -0.3 is 5.73 Å². The Morgan fingerprint density at radius 2 is 2.06 bits per heavy atom. The van der Waals surface area contributed by atoms with Gasteiger partial charge in [0.15, 0.2) is 0 Å². The zero-order valence-electron chi connectivity index (χ0n) is 9.32. The SMILES string of the molecule is NC1CCCc2nc(-c3ccc(F)cc3)sc21. The van der Waals surface area contributed by atoms with Crippen molar-refractivity contribution in [1.82, 2.24) is 4.98 Å². The van der Waals surface area contributed by atoms with Crippen LogP contribution in [0.2, 0.25) is 0 Å². The summed E-state index contributed by atoms with van der Waals surface area (Å²) in [6.45, 7) is 0. The fourth-order valence-electron chi connectivity index (χ4n) is 2.17. The van der Waals surface area contributed by atoms with Gasteiger partial charge >= 0.3 is 0 Å². The molecular formula is C13H13FN2S. The van der Waals surface area contributed by atoms with E-state index in [1.165, 1.54) is 17.0 Å². The van der Waals surface area contributed by atoms with E-state index in [2.05, 4.69) is 4.98 Å². The van der Waals surface area contributed by atoms with Gasteiger partial charge in [-0.25, -0.2) is 9.37 Å². The number of aromatic nitrogens is 1. The molecule has 0 aliphatic heterocycles. The molecule has 1 heterocycles. The Hall–Kier alpha value is -1.26. The maximum absolute atomic E-state index is 12.9. The summed E-state index contributed by atoms with van der Waals surface area (Å²) in [6, 6.07) is 6.60.